The van der Waals surface area contributed by atoms with Gasteiger partial charge in [0.2, 0.25) is 11.8 Å². The maximum Gasteiger partial charge on any atom is 0.228 e. The van der Waals surface area contributed by atoms with Crippen LogP contribution in [0.15, 0.2) is 30.5 Å². The molecule has 1 aliphatic heterocycles. The molecule has 0 saturated heterocycles. The lowest BCUT2D eigenvalue weighted by Gasteiger charge is -2.29. The monoisotopic (exact) mass is 284 g/mol. The molecule has 0 unspecified atom stereocenters. The standard InChI is InChI=1S/C16H20N4O/c1-2-10-21-15-6-8-18-16(19-15)20-9-7-12-4-3-5-14(17)13(12)11-20/h3-6,8H,2,7,9-11,17H2,1H3. The van der Waals surface area contributed by atoms with Crippen molar-refractivity contribution in [3.8, 4) is 5.88 Å². The summed E-state index contributed by atoms with van der Waals surface area (Å²) in [5.41, 5.74) is 9.44. The van der Waals surface area contributed by atoms with Crippen molar-refractivity contribution in [3.05, 3.63) is 41.6 Å². The molecule has 5 nitrogen and oxygen atoms in total. The Hall–Kier alpha value is -2.30. The zero-order chi connectivity index (χ0) is 14.7. The van der Waals surface area contributed by atoms with Crippen molar-refractivity contribution in [3.63, 3.8) is 0 Å². The van der Waals surface area contributed by atoms with E-state index < -0.39 is 0 Å². The molecule has 5 heteroatoms. The lowest BCUT2D eigenvalue weighted by Crippen LogP contribution is -2.32. The molecule has 0 aliphatic carbocycles. The molecule has 0 spiro atoms. The van der Waals surface area contributed by atoms with E-state index >= 15 is 0 Å². The summed E-state index contributed by atoms with van der Waals surface area (Å²) in [7, 11) is 0. The Morgan fingerprint density at radius 3 is 3.10 bits per heavy atom. The van der Waals surface area contributed by atoms with Gasteiger partial charge in [0.05, 0.1) is 6.61 Å². The number of aromatic nitrogens is 2. The van der Waals surface area contributed by atoms with Crippen LogP contribution >= 0.6 is 0 Å². The van der Waals surface area contributed by atoms with Crippen LogP contribution in [-0.4, -0.2) is 23.1 Å². The highest BCUT2D eigenvalue weighted by Gasteiger charge is 2.20. The largest absolute Gasteiger partial charge is 0.478 e. The molecule has 1 aromatic heterocycles. The van der Waals surface area contributed by atoms with E-state index in [1.807, 2.05) is 12.1 Å². The van der Waals surface area contributed by atoms with Crippen molar-refractivity contribution in [2.45, 2.75) is 26.3 Å². The predicted octanol–water partition coefficient (Wildman–Crippen LogP) is 2.41. The van der Waals surface area contributed by atoms with Gasteiger partial charge in [-0.2, -0.15) is 4.98 Å². The van der Waals surface area contributed by atoms with Crippen LogP contribution in [-0.2, 0) is 13.0 Å². The number of fused-ring (bicyclic) bond motifs is 1. The van der Waals surface area contributed by atoms with E-state index in [0.29, 0.717) is 18.4 Å². The molecule has 0 saturated carbocycles. The average molecular weight is 284 g/mol. The van der Waals surface area contributed by atoms with Gasteiger partial charge in [-0.25, -0.2) is 4.98 Å². The van der Waals surface area contributed by atoms with Crippen LogP contribution in [0.3, 0.4) is 0 Å². The van der Waals surface area contributed by atoms with Gasteiger partial charge in [-0.3, -0.25) is 0 Å². The first-order valence-electron chi connectivity index (χ1n) is 7.35. The van der Waals surface area contributed by atoms with Crippen molar-refractivity contribution in [2.75, 3.05) is 23.8 Å². The van der Waals surface area contributed by atoms with E-state index in [0.717, 1.165) is 31.6 Å². The summed E-state index contributed by atoms with van der Waals surface area (Å²) in [6.45, 7) is 4.39. The zero-order valence-electron chi connectivity index (χ0n) is 12.2. The molecule has 21 heavy (non-hydrogen) atoms. The van der Waals surface area contributed by atoms with E-state index in [1.165, 1.54) is 11.1 Å². The summed E-state index contributed by atoms with van der Waals surface area (Å²) in [4.78, 5) is 11.0. The van der Waals surface area contributed by atoms with Gasteiger partial charge in [-0.1, -0.05) is 19.1 Å². The van der Waals surface area contributed by atoms with Gasteiger partial charge in [-0.05, 0) is 30.0 Å². The molecule has 1 aromatic carbocycles. The fourth-order valence-corrected chi connectivity index (χ4v) is 2.55. The Labute approximate surface area is 124 Å². The number of hydrogen-bond acceptors (Lipinski definition) is 5. The Morgan fingerprint density at radius 2 is 2.24 bits per heavy atom. The summed E-state index contributed by atoms with van der Waals surface area (Å²) in [5, 5.41) is 0. The molecule has 0 radical (unpaired) electrons. The second kappa shape index (κ2) is 5.99. The van der Waals surface area contributed by atoms with Gasteiger partial charge in [-0.15, -0.1) is 0 Å². The third-order valence-corrected chi connectivity index (χ3v) is 3.66. The highest BCUT2D eigenvalue weighted by atomic mass is 16.5. The molecule has 110 valence electrons. The van der Waals surface area contributed by atoms with E-state index in [1.54, 1.807) is 12.3 Å². The first kappa shape index (κ1) is 13.7. The van der Waals surface area contributed by atoms with Gasteiger partial charge in [0, 0.05) is 31.0 Å². The number of rotatable bonds is 4. The van der Waals surface area contributed by atoms with E-state index in [4.69, 9.17) is 10.5 Å². The third-order valence-electron chi connectivity index (χ3n) is 3.66. The van der Waals surface area contributed by atoms with Crippen LogP contribution in [0.4, 0.5) is 11.6 Å². The summed E-state index contributed by atoms with van der Waals surface area (Å²) < 4.78 is 5.58. The average Bonchev–Trinajstić information content (AvgIpc) is 2.53. The molecule has 0 atom stereocenters. The SMILES string of the molecule is CCCOc1ccnc(N2CCc3cccc(N)c3C2)n1. The minimum Gasteiger partial charge on any atom is -0.478 e. The number of nitrogens with two attached hydrogens (primary N) is 1. The van der Waals surface area contributed by atoms with Crippen LogP contribution in [0, 0.1) is 0 Å². The summed E-state index contributed by atoms with van der Waals surface area (Å²) >= 11 is 0. The number of nitrogens with zero attached hydrogens (tertiary/aromatic N) is 3. The molecular weight excluding hydrogens is 264 g/mol. The number of benzene rings is 1. The van der Waals surface area contributed by atoms with Gasteiger partial charge < -0.3 is 15.4 Å². The molecule has 0 amide bonds. The second-order valence-electron chi connectivity index (χ2n) is 5.20. The van der Waals surface area contributed by atoms with Gasteiger partial charge in [0.15, 0.2) is 0 Å². The van der Waals surface area contributed by atoms with Crippen molar-refractivity contribution >= 4 is 11.6 Å². The first-order chi connectivity index (χ1) is 10.3. The van der Waals surface area contributed by atoms with E-state index in [-0.39, 0.29) is 0 Å². The van der Waals surface area contributed by atoms with E-state index in [2.05, 4.69) is 27.9 Å². The van der Waals surface area contributed by atoms with Crippen molar-refractivity contribution in [2.24, 2.45) is 0 Å². The Balaban J connectivity index is 1.81. The van der Waals surface area contributed by atoms with Crippen LogP contribution in [0.25, 0.3) is 0 Å². The number of ether oxygens (including phenoxy) is 1. The smallest absolute Gasteiger partial charge is 0.228 e. The molecular formula is C16H20N4O. The van der Waals surface area contributed by atoms with Gasteiger partial charge in [0.25, 0.3) is 0 Å². The number of hydrogen-bond donors (Lipinski definition) is 1. The van der Waals surface area contributed by atoms with Gasteiger partial charge in [0.1, 0.15) is 0 Å². The third kappa shape index (κ3) is 2.91. The lowest BCUT2D eigenvalue weighted by atomic mass is 9.98. The quantitative estimate of drug-likeness (QED) is 0.873. The summed E-state index contributed by atoms with van der Waals surface area (Å²) in [6.07, 6.45) is 3.67. The molecule has 2 N–H and O–H groups in total. The van der Waals surface area contributed by atoms with Gasteiger partial charge >= 0.3 is 0 Å². The summed E-state index contributed by atoms with van der Waals surface area (Å²) in [6, 6.07) is 7.90. The molecule has 0 fully saturated rings. The Bertz CT molecular complexity index is 629. The minimum atomic E-state index is 0.633. The van der Waals surface area contributed by atoms with Crippen molar-refractivity contribution in [1.82, 2.24) is 9.97 Å². The maximum atomic E-state index is 6.09. The fraction of sp³-hybridized carbons (Fsp3) is 0.375. The highest BCUT2D eigenvalue weighted by Crippen LogP contribution is 2.26. The molecule has 3 rings (SSSR count). The van der Waals surface area contributed by atoms with Crippen LogP contribution in [0.1, 0.15) is 24.5 Å². The first-order valence-corrected chi connectivity index (χ1v) is 7.35. The minimum absolute atomic E-state index is 0.633. The predicted molar refractivity (Wildman–Crippen MR) is 83.4 cm³/mol. The zero-order valence-corrected chi connectivity index (χ0v) is 12.2. The molecule has 2 aromatic rings. The molecule has 0 bridgehead atoms. The van der Waals surface area contributed by atoms with Crippen molar-refractivity contribution in [1.29, 1.82) is 0 Å². The highest BCUT2D eigenvalue weighted by molar-refractivity contribution is 5.54. The van der Waals surface area contributed by atoms with Crippen molar-refractivity contribution < 1.29 is 4.74 Å². The molecule has 2 heterocycles. The molecule has 1 aliphatic rings. The summed E-state index contributed by atoms with van der Waals surface area (Å²) in [5.74, 6) is 1.34. The fourth-order valence-electron chi connectivity index (χ4n) is 2.55. The normalized spacial score (nSPS) is 13.9. The number of anilines is 2. The Morgan fingerprint density at radius 1 is 1.33 bits per heavy atom. The second-order valence-corrected chi connectivity index (χ2v) is 5.20. The Kier molecular flexibility index (Phi) is 3.90. The van der Waals surface area contributed by atoms with Crippen LogP contribution in [0.5, 0.6) is 5.88 Å². The maximum absolute atomic E-state index is 6.09. The van der Waals surface area contributed by atoms with Crippen LogP contribution in [0.2, 0.25) is 0 Å². The lowest BCUT2D eigenvalue weighted by molar-refractivity contribution is 0.304. The van der Waals surface area contributed by atoms with Crippen LogP contribution < -0.4 is 15.4 Å². The van der Waals surface area contributed by atoms with E-state index in [9.17, 15) is 0 Å². The topological polar surface area (TPSA) is 64.3 Å². The number of nitrogen functional groups attached to an aromatic ring is 1.